The third-order valence-electron chi connectivity index (χ3n) is 4.74. The Hall–Kier alpha value is -1.60. The number of hydrogen-bond donors (Lipinski definition) is 1. The van der Waals surface area contributed by atoms with Gasteiger partial charge in [-0.1, -0.05) is 19.1 Å². The number of benzene rings is 1. The first-order chi connectivity index (χ1) is 11.3. The highest BCUT2D eigenvalue weighted by Gasteiger charge is 2.39. The number of hydrogen-bond acceptors (Lipinski definition) is 4. The molecule has 0 saturated carbocycles. The van der Waals surface area contributed by atoms with Crippen molar-refractivity contribution in [1.29, 1.82) is 0 Å². The highest BCUT2D eigenvalue weighted by atomic mass is 32.2. The van der Waals surface area contributed by atoms with E-state index < -0.39 is 15.4 Å². The normalized spacial score (nSPS) is 18.1. The maximum Gasteiger partial charge on any atom is 0.226 e. The fourth-order valence-corrected chi connectivity index (χ4v) is 3.91. The van der Waals surface area contributed by atoms with E-state index in [1.807, 2.05) is 31.2 Å². The Morgan fingerprint density at radius 2 is 1.83 bits per heavy atom. The molecule has 0 unspecified atom stereocenters. The van der Waals surface area contributed by atoms with Crippen LogP contribution in [0.3, 0.4) is 0 Å². The molecule has 1 saturated heterocycles. The molecule has 0 bridgehead atoms. The van der Waals surface area contributed by atoms with Crippen molar-refractivity contribution in [1.82, 2.24) is 9.62 Å². The van der Waals surface area contributed by atoms with E-state index >= 15 is 0 Å². The molecular formula is C17H26N2O4S. The van der Waals surface area contributed by atoms with Crippen LogP contribution >= 0.6 is 0 Å². The lowest BCUT2D eigenvalue weighted by Crippen LogP contribution is -2.48. The molecule has 0 atom stereocenters. The van der Waals surface area contributed by atoms with Gasteiger partial charge in [-0.05, 0) is 37.5 Å². The summed E-state index contributed by atoms with van der Waals surface area (Å²) < 4.78 is 30.4. The van der Waals surface area contributed by atoms with Gasteiger partial charge in [-0.15, -0.1) is 0 Å². The van der Waals surface area contributed by atoms with Crippen molar-refractivity contribution in [3.8, 4) is 5.75 Å². The Balaban J connectivity index is 1.90. The fraction of sp³-hybridized carbons (Fsp3) is 0.588. The van der Waals surface area contributed by atoms with Crippen LogP contribution in [0, 0.1) is 5.41 Å². The number of rotatable bonds is 6. The number of sulfonamides is 1. The smallest absolute Gasteiger partial charge is 0.226 e. The number of nitrogens with one attached hydrogen (secondary N) is 1. The molecule has 1 heterocycles. The lowest BCUT2D eigenvalue weighted by molar-refractivity contribution is -0.132. The van der Waals surface area contributed by atoms with Gasteiger partial charge in [0.05, 0.1) is 12.9 Å². The van der Waals surface area contributed by atoms with E-state index in [1.165, 1.54) is 4.31 Å². The minimum atomic E-state index is -3.17. The summed E-state index contributed by atoms with van der Waals surface area (Å²) in [5.74, 6) is 0.862. The number of nitrogens with zero attached hydrogens (tertiary/aromatic N) is 1. The summed E-state index contributed by atoms with van der Waals surface area (Å²) in [6.07, 6.45) is 1.08. The highest BCUT2D eigenvalue weighted by molar-refractivity contribution is 7.89. The first kappa shape index (κ1) is 18.7. The number of piperidine rings is 1. The second-order valence-corrected chi connectivity index (χ2v) is 8.65. The standard InChI is InChI=1S/C17H26N2O4S/c1-4-24(21,22)19-11-9-17(2,10-12-19)16(20)18-13-14-5-7-15(23-3)8-6-14/h5-8H,4,9-13H2,1-3H3,(H,18,20). The van der Waals surface area contributed by atoms with Gasteiger partial charge in [0, 0.05) is 25.0 Å². The van der Waals surface area contributed by atoms with Gasteiger partial charge in [0.15, 0.2) is 0 Å². The molecule has 1 aliphatic rings. The van der Waals surface area contributed by atoms with Gasteiger partial charge >= 0.3 is 0 Å². The molecule has 24 heavy (non-hydrogen) atoms. The molecule has 6 nitrogen and oxygen atoms in total. The third-order valence-corrected chi connectivity index (χ3v) is 6.63. The van der Waals surface area contributed by atoms with Gasteiger partial charge < -0.3 is 10.1 Å². The van der Waals surface area contributed by atoms with Crippen molar-refractivity contribution in [3.05, 3.63) is 29.8 Å². The first-order valence-corrected chi connectivity index (χ1v) is 9.81. The van der Waals surface area contributed by atoms with E-state index in [2.05, 4.69) is 5.32 Å². The zero-order chi connectivity index (χ0) is 17.8. The van der Waals surface area contributed by atoms with Gasteiger partial charge in [-0.2, -0.15) is 0 Å². The van der Waals surface area contributed by atoms with Crippen LogP contribution in [0.15, 0.2) is 24.3 Å². The summed E-state index contributed by atoms with van der Waals surface area (Å²) in [6.45, 7) is 4.82. The summed E-state index contributed by atoms with van der Waals surface area (Å²) in [5.41, 5.74) is 0.477. The van der Waals surface area contributed by atoms with Crippen molar-refractivity contribution in [3.63, 3.8) is 0 Å². The van der Waals surface area contributed by atoms with E-state index in [0.717, 1.165) is 11.3 Å². The molecule has 7 heteroatoms. The predicted octanol–water partition coefficient (Wildman–Crippen LogP) is 1.76. The van der Waals surface area contributed by atoms with Gasteiger partial charge in [0.25, 0.3) is 0 Å². The van der Waals surface area contributed by atoms with Crippen LogP contribution in [-0.2, 0) is 21.4 Å². The van der Waals surface area contributed by atoms with Crippen LogP contribution in [-0.4, -0.2) is 44.6 Å². The number of ether oxygens (including phenoxy) is 1. The van der Waals surface area contributed by atoms with Crippen LogP contribution in [0.4, 0.5) is 0 Å². The van der Waals surface area contributed by atoms with Crippen molar-refractivity contribution in [2.45, 2.75) is 33.2 Å². The van der Waals surface area contributed by atoms with Crippen LogP contribution in [0.2, 0.25) is 0 Å². The number of amides is 1. The summed E-state index contributed by atoms with van der Waals surface area (Å²) >= 11 is 0. The number of carbonyl (C=O) groups is 1. The average Bonchev–Trinajstić information content (AvgIpc) is 2.60. The van der Waals surface area contributed by atoms with E-state index in [-0.39, 0.29) is 11.7 Å². The van der Waals surface area contributed by atoms with E-state index in [4.69, 9.17) is 4.74 Å². The summed E-state index contributed by atoms with van der Waals surface area (Å²) in [4.78, 5) is 12.5. The maximum atomic E-state index is 12.5. The Bertz CT molecular complexity index is 662. The third kappa shape index (κ3) is 4.27. The quantitative estimate of drug-likeness (QED) is 0.845. The minimum absolute atomic E-state index is 0.0214. The Labute approximate surface area is 144 Å². The molecule has 1 aliphatic heterocycles. The van der Waals surface area contributed by atoms with Gasteiger partial charge in [-0.25, -0.2) is 12.7 Å². The Morgan fingerprint density at radius 1 is 1.25 bits per heavy atom. The van der Waals surface area contributed by atoms with Crippen LogP contribution in [0.5, 0.6) is 5.75 Å². The second kappa shape index (κ2) is 7.53. The molecule has 0 radical (unpaired) electrons. The first-order valence-electron chi connectivity index (χ1n) is 8.20. The van der Waals surface area contributed by atoms with Gasteiger partial charge in [-0.3, -0.25) is 4.79 Å². The Kier molecular flexibility index (Phi) is 5.87. The van der Waals surface area contributed by atoms with E-state index in [0.29, 0.717) is 32.5 Å². The minimum Gasteiger partial charge on any atom is -0.497 e. The zero-order valence-electron chi connectivity index (χ0n) is 14.5. The SMILES string of the molecule is CCS(=O)(=O)N1CCC(C)(C(=O)NCc2ccc(OC)cc2)CC1. The zero-order valence-corrected chi connectivity index (χ0v) is 15.4. The summed E-state index contributed by atoms with van der Waals surface area (Å²) in [5, 5.41) is 2.97. The Morgan fingerprint density at radius 3 is 2.33 bits per heavy atom. The molecular weight excluding hydrogens is 328 g/mol. The molecule has 134 valence electrons. The van der Waals surface area contributed by atoms with Crippen LogP contribution in [0.25, 0.3) is 0 Å². The molecule has 0 aliphatic carbocycles. The van der Waals surface area contributed by atoms with E-state index in [1.54, 1.807) is 14.0 Å². The predicted molar refractivity (Wildman–Crippen MR) is 93.2 cm³/mol. The van der Waals surface area contributed by atoms with Crippen molar-refractivity contribution in [2.24, 2.45) is 5.41 Å². The highest BCUT2D eigenvalue weighted by Crippen LogP contribution is 2.32. The number of carbonyl (C=O) groups excluding carboxylic acids is 1. The molecule has 2 rings (SSSR count). The van der Waals surface area contributed by atoms with Gasteiger partial charge in [0.2, 0.25) is 15.9 Å². The molecule has 1 N–H and O–H groups in total. The van der Waals surface area contributed by atoms with Gasteiger partial charge in [0.1, 0.15) is 5.75 Å². The lowest BCUT2D eigenvalue weighted by Gasteiger charge is -2.37. The second-order valence-electron chi connectivity index (χ2n) is 6.39. The van der Waals surface area contributed by atoms with Crippen molar-refractivity contribution < 1.29 is 17.9 Å². The average molecular weight is 354 g/mol. The van der Waals surface area contributed by atoms with Crippen LogP contribution < -0.4 is 10.1 Å². The summed E-state index contributed by atoms with van der Waals surface area (Å²) in [7, 11) is -1.56. The van der Waals surface area contributed by atoms with Crippen molar-refractivity contribution in [2.75, 3.05) is 26.0 Å². The van der Waals surface area contributed by atoms with Crippen LogP contribution in [0.1, 0.15) is 32.3 Å². The van der Waals surface area contributed by atoms with E-state index in [9.17, 15) is 13.2 Å². The fourth-order valence-electron chi connectivity index (χ4n) is 2.81. The molecule has 0 spiro atoms. The number of methoxy groups -OCH3 is 1. The monoisotopic (exact) mass is 354 g/mol. The lowest BCUT2D eigenvalue weighted by atomic mass is 9.80. The molecule has 1 aromatic rings. The molecule has 1 aromatic carbocycles. The molecule has 1 fully saturated rings. The summed E-state index contributed by atoms with van der Waals surface area (Å²) in [6, 6.07) is 7.55. The topological polar surface area (TPSA) is 75.7 Å². The maximum absolute atomic E-state index is 12.5. The molecule has 1 amide bonds. The van der Waals surface area contributed by atoms with Crippen molar-refractivity contribution >= 4 is 15.9 Å². The largest absolute Gasteiger partial charge is 0.497 e. The molecule has 0 aromatic heterocycles.